The molecule has 4 nitrogen and oxygen atoms in total. The standard InChI is InChI=1S/C9H10ClNO3/c10-7-6-2-4-9(14-6)3-1-5-13-11(9)8(7)12/h2,4,6-7H,1,3,5H2/t6-,7+,9+/m1/s1. The zero-order valence-corrected chi connectivity index (χ0v) is 8.24. The van der Waals surface area contributed by atoms with Gasteiger partial charge in [-0.3, -0.25) is 9.63 Å². The normalized spacial score (nSPS) is 45.5. The molecule has 2 fully saturated rings. The summed E-state index contributed by atoms with van der Waals surface area (Å²) < 4.78 is 5.71. The van der Waals surface area contributed by atoms with Gasteiger partial charge in [0.2, 0.25) is 0 Å². The first kappa shape index (κ1) is 8.71. The predicted octanol–water partition coefficient (Wildman–Crippen LogP) is 0.813. The summed E-state index contributed by atoms with van der Waals surface area (Å²) >= 11 is 5.93. The second kappa shape index (κ2) is 2.72. The number of rotatable bonds is 0. The van der Waals surface area contributed by atoms with Gasteiger partial charge in [-0.25, -0.2) is 0 Å². The number of alkyl halides is 1. The third-order valence-corrected chi connectivity index (χ3v) is 3.29. The first-order chi connectivity index (χ1) is 6.73. The summed E-state index contributed by atoms with van der Waals surface area (Å²) in [5, 5.41) is 0.647. The van der Waals surface area contributed by atoms with Crippen LogP contribution in [-0.2, 0) is 14.4 Å². The van der Waals surface area contributed by atoms with Crippen molar-refractivity contribution in [2.75, 3.05) is 6.61 Å². The monoisotopic (exact) mass is 215 g/mol. The second-order valence-corrected chi connectivity index (χ2v) is 4.23. The fourth-order valence-electron chi connectivity index (χ4n) is 2.17. The number of hydroxylamine groups is 2. The highest BCUT2D eigenvalue weighted by molar-refractivity contribution is 6.31. The Kier molecular flexibility index (Phi) is 1.69. The third kappa shape index (κ3) is 0.935. The molecule has 0 aromatic rings. The molecule has 3 rings (SSSR count). The van der Waals surface area contributed by atoms with Gasteiger partial charge in [0.05, 0.1) is 6.61 Å². The van der Waals surface area contributed by atoms with Crippen LogP contribution in [0.25, 0.3) is 0 Å². The highest BCUT2D eigenvalue weighted by atomic mass is 35.5. The Bertz CT molecular complexity index is 319. The van der Waals surface area contributed by atoms with E-state index < -0.39 is 11.1 Å². The van der Waals surface area contributed by atoms with Crippen LogP contribution in [-0.4, -0.2) is 34.8 Å². The molecule has 2 saturated heterocycles. The lowest BCUT2D eigenvalue weighted by atomic mass is 10.1. The van der Waals surface area contributed by atoms with Crippen molar-refractivity contribution in [2.45, 2.75) is 30.0 Å². The van der Waals surface area contributed by atoms with Gasteiger partial charge in [0.1, 0.15) is 11.5 Å². The van der Waals surface area contributed by atoms with Crippen molar-refractivity contribution in [3.8, 4) is 0 Å². The fraction of sp³-hybridized carbons (Fsp3) is 0.667. The topological polar surface area (TPSA) is 38.8 Å². The molecule has 0 unspecified atom stereocenters. The summed E-state index contributed by atoms with van der Waals surface area (Å²) in [5.74, 6) is -0.187. The van der Waals surface area contributed by atoms with Gasteiger partial charge < -0.3 is 4.74 Å². The lowest BCUT2D eigenvalue weighted by Crippen LogP contribution is -2.61. The summed E-state index contributed by atoms with van der Waals surface area (Å²) in [6.45, 7) is 0.555. The zero-order valence-electron chi connectivity index (χ0n) is 7.48. The van der Waals surface area contributed by atoms with Crippen LogP contribution in [0.2, 0.25) is 0 Å². The summed E-state index contributed by atoms with van der Waals surface area (Å²) in [7, 11) is 0. The lowest BCUT2D eigenvalue weighted by molar-refractivity contribution is -0.311. The molecule has 0 saturated carbocycles. The predicted molar refractivity (Wildman–Crippen MR) is 48.4 cm³/mol. The molecule has 0 aliphatic carbocycles. The van der Waals surface area contributed by atoms with Crippen LogP contribution < -0.4 is 0 Å². The maximum absolute atomic E-state index is 11.8. The maximum atomic E-state index is 11.8. The summed E-state index contributed by atoms with van der Waals surface area (Å²) in [5.41, 5.74) is -0.661. The lowest BCUT2D eigenvalue weighted by Gasteiger charge is -2.46. The van der Waals surface area contributed by atoms with E-state index in [1.165, 1.54) is 5.06 Å². The Labute approximate surface area is 86.4 Å². The minimum atomic E-state index is -0.661. The number of hydrogen-bond donors (Lipinski definition) is 0. The number of amides is 1. The minimum absolute atomic E-state index is 0.187. The Morgan fingerprint density at radius 1 is 1.64 bits per heavy atom. The Morgan fingerprint density at radius 2 is 2.50 bits per heavy atom. The van der Waals surface area contributed by atoms with Gasteiger partial charge >= 0.3 is 0 Å². The van der Waals surface area contributed by atoms with Crippen LogP contribution >= 0.6 is 11.6 Å². The van der Waals surface area contributed by atoms with Crippen molar-refractivity contribution in [3.63, 3.8) is 0 Å². The Hall–Kier alpha value is -0.580. The minimum Gasteiger partial charge on any atom is -0.340 e. The van der Waals surface area contributed by atoms with E-state index in [0.717, 1.165) is 12.8 Å². The van der Waals surface area contributed by atoms with Crippen molar-refractivity contribution in [1.82, 2.24) is 5.06 Å². The molecule has 76 valence electrons. The molecule has 0 N–H and O–H groups in total. The molecule has 2 bridgehead atoms. The van der Waals surface area contributed by atoms with Crippen LogP contribution in [0, 0.1) is 0 Å². The van der Waals surface area contributed by atoms with Crippen molar-refractivity contribution < 1.29 is 14.4 Å². The van der Waals surface area contributed by atoms with Crippen LogP contribution in [0.15, 0.2) is 12.2 Å². The van der Waals surface area contributed by atoms with Crippen LogP contribution in [0.1, 0.15) is 12.8 Å². The van der Waals surface area contributed by atoms with E-state index in [0.29, 0.717) is 6.61 Å². The smallest absolute Gasteiger partial charge is 0.270 e. The van der Waals surface area contributed by atoms with Gasteiger partial charge in [0.15, 0.2) is 5.72 Å². The number of carbonyl (C=O) groups is 1. The Morgan fingerprint density at radius 3 is 3.36 bits per heavy atom. The molecule has 0 aromatic heterocycles. The summed E-state index contributed by atoms with van der Waals surface area (Å²) in [4.78, 5) is 17.1. The summed E-state index contributed by atoms with van der Waals surface area (Å²) in [6.07, 6.45) is 5.13. The summed E-state index contributed by atoms with van der Waals surface area (Å²) in [6, 6.07) is 0. The molecule has 0 radical (unpaired) electrons. The average Bonchev–Trinajstić information content (AvgIpc) is 2.57. The maximum Gasteiger partial charge on any atom is 0.270 e. The van der Waals surface area contributed by atoms with Crippen LogP contribution in [0.3, 0.4) is 0 Å². The van der Waals surface area contributed by atoms with Crippen molar-refractivity contribution in [2.24, 2.45) is 0 Å². The molecule has 14 heavy (non-hydrogen) atoms. The van der Waals surface area contributed by atoms with Crippen molar-refractivity contribution in [1.29, 1.82) is 0 Å². The van der Waals surface area contributed by atoms with E-state index in [2.05, 4.69) is 0 Å². The first-order valence-corrected chi connectivity index (χ1v) is 5.15. The van der Waals surface area contributed by atoms with E-state index in [1.807, 2.05) is 12.2 Å². The number of fused-ring (bicyclic) bond motifs is 1. The number of carbonyl (C=O) groups excluding carboxylic acids is 1. The van der Waals surface area contributed by atoms with Gasteiger partial charge in [-0.05, 0) is 12.5 Å². The quantitative estimate of drug-likeness (QED) is 0.444. The number of nitrogens with zero attached hydrogens (tertiary/aromatic N) is 1. The molecular formula is C9H10ClNO3. The highest BCUT2D eigenvalue weighted by Gasteiger charge is 2.55. The molecule has 0 aromatic carbocycles. The number of ether oxygens (including phenoxy) is 1. The third-order valence-electron chi connectivity index (χ3n) is 2.85. The SMILES string of the molecule is O=C1[C@@H](Cl)[C@H]2C=C[C@]3(CCCON13)O2. The average molecular weight is 216 g/mol. The molecule has 1 amide bonds. The van der Waals surface area contributed by atoms with Gasteiger partial charge in [0.25, 0.3) is 5.91 Å². The van der Waals surface area contributed by atoms with Gasteiger partial charge in [-0.1, -0.05) is 6.08 Å². The Balaban J connectivity index is 2.01. The van der Waals surface area contributed by atoms with Crippen molar-refractivity contribution in [3.05, 3.63) is 12.2 Å². The highest BCUT2D eigenvalue weighted by Crippen LogP contribution is 2.41. The molecule has 3 aliphatic heterocycles. The van der Waals surface area contributed by atoms with Gasteiger partial charge in [-0.2, -0.15) is 5.06 Å². The number of halogens is 1. The first-order valence-electron chi connectivity index (χ1n) is 4.71. The largest absolute Gasteiger partial charge is 0.340 e. The van der Waals surface area contributed by atoms with Crippen LogP contribution in [0.4, 0.5) is 0 Å². The van der Waals surface area contributed by atoms with Gasteiger partial charge in [-0.15, -0.1) is 11.6 Å². The molecule has 3 atom stereocenters. The van der Waals surface area contributed by atoms with Crippen LogP contribution in [0.5, 0.6) is 0 Å². The number of hydrogen-bond acceptors (Lipinski definition) is 3. The molecule has 5 heteroatoms. The van der Waals surface area contributed by atoms with Crippen molar-refractivity contribution >= 4 is 17.5 Å². The molecule has 3 aliphatic rings. The molecular weight excluding hydrogens is 206 g/mol. The van der Waals surface area contributed by atoms with E-state index >= 15 is 0 Å². The molecule has 1 spiro atoms. The van der Waals surface area contributed by atoms with E-state index in [-0.39, 0.29) is 12.0 Å². The second-order valence-electron chi connectivity index (χ2n) is 3.76. The zero-order chi connectivity index (χ0) is 9.76. The molecule has 3 heterocycles. The van der Waals surface area contributed by atoms with E-state index in [4.69, 9.17) is 21.2 Å². The van der Waals surface area contributed by atoms with E-state index in [9.17, 15) is 4.79 Å². The fourth-order valence-corrected chi connectivity index (χ4v) is 2.39. The van der Waals surface area contributed by atoms with Gasteiger partial charge in [0, 0.05) is 6.42 Å². The van der Waals surface area contributed by atoms with E-state index in [1.54, 1.807) is 0 Å².